The Bertz CT molecular complexity index is 620. The van der Waals surface area contributed by atoms with Gasteiger partial charge >= 0.3 is 5.97 Å². The molecule has 0 amide bonds. The maximum atomic E-state index is 11.7. The Morgan fingerprint density at radius 2 is 2.05 bits per heavy atom. The lowest BCUT2D eigenvalue weighted by Gasteiger charge is -2.05. The number of Topliss-reactive ketones (excluding diaryl/α,β-unsaturated/α-hetero) is 1. The summed E-state index contributed by atoms with van der Waals surface area (Å²) < 4.78 is 5.17. The summed E-state index contributed by atoms with van der Waals surface area (Å²) in [7, 11) is 0. The minimum absolute atomic E-state index is 0.0377. The lowest BCUT2D eigenvalue weighted by Crippen LogP contribution is -2.10. The van der Waals surface area contributed by atoms with Crippen molar-refractivity contribution >= 4 is 34.7 Å². The van der Waals surface area contributed by atoms with Crippen LogP contribution in [-0.4, -0.2) is 11.8 Å². The third-order valence-corrected chi connectivity index (χ3v) is 4.05. The molecular weight excluding hydrogens is 296 g/mol. The summed E-state index contributed by atoms with van der Waals surface area (Å²) in [5.74, 6) is -0.0127. The highest BCUT2D eigenvalue weighted by Gasteiger charge is 2.12. The zero-order chi connectivity index (χ0) is 14.5. The Labute approximate surface area is 126 Å². The lowest BCUT2D eigenvalue weighted by molar-refractivity contribution is -0.134. The number of hydrogen-bond donors (Lipinski definition) is 0. The first-order chi connectivity index (χ1) is 9.56. The van der Waals surface area contributed by atoms with Crippen molar-refractivity contribution in [3.8, 4) is 5.75 Å². The highest BCUT2D eigenvalue weighted by molar-refractivity contribution is 7.12. The summed E-state index contributed by atoms with van der Waals surface area (Å²) in [6.07, 6.45) is 0.227. The summed E-state index contributed by atoms with van der Waals surface area (Å²) in [5, 5.41) is 2.46. The van der Waals surface area contributed by atoms with Crippen LogP contribution in [0.1, 0.15) is 28.1 Å². The highest BCUT2D eigenvalue weighted by atomic mass is 35.5. The third kappa shape index (κ3) is 3.92. The van der Waals surface area contributed by atoms with Crippen LogP contribution in [0.2, 0.25) is 5.02 Å². The van der Waals surface area contributed by atoms with E-state index in [1.807, 2.05) is 18.4 Å². The zero-order valence-corrected chi connectivity index (χ0v) is 12.5. The molecule has 2 rings (SSSR count). The average Bonchev–Trinajstić information content (AvgIpc) is 2.94. The first kappa shape index (κ1) is 14.8. The van der Waals surface area contributed by atoms with E-state index >= 15 is 0 Å². The van der Waals surface area contributed by atoms with E-state index in [1.54, 1.807) is 24.3 Å². The molecule has 0 saturated heterocycles. The molecule has 104 valence electrons. The summed E-state index contributed by atoms with van der Waals surface area (Å²) in [5.41, 5.74) is 0.839. The minimum atomic E-state index is -0.420. The molecule has 0 atom stereocenters. The van der Waals surface area contributed by atoms with E-state index < -0.39 is 5.97 Å². The molecule has 0 spiro atoms. The molecule has 1 heterocycles. The van der Waals surface area contributed by atoms with E-state index in [0.29, 0.717) is 15.6 Å². The highest BCUT2D eigenvalue weighted by Crippen LogP contribution is 2.21. The molecule has 5 heteroatoms. The fraction of sp³-hybridized carbons (Fsp3) is 0.200. The number of carbonyl (C=O) groups is 2. The standard InChI is InChI=1S/C15H13ClO3S/c1-10-9-11(4-5-12(10)16)19-15(18)7-6-13(17)14-3-2-8-20-14/h2-5,8-9H,6-7H2,1H3. The van der Waals surface area contributed by atoms with Crippen LogP contribution >= 0.6 is 22.9 Å². The van der Waals surface area contributed by atoms with Crippen LogP contribution < -0.4 is 4.74 Å². The van der Waals surface area contributed by atoms with Gasteiger partial charge in [0.2, 0.25) is 0 Å². The topological polar surface area (TPSA) is 43.4 Å². The lowest BCUT2D eigenvalue weighted by atomic mass is 10.2. The zero-order valence-electron chi connectivity index (χ0n) is 10.9. The Hall–Kier alpha value is -1.65. The van der Waals surface area contributed by atoms with Crippen molar-refractivity contribution in [3.63, 3.8) is 0 Å². The van der Waals surface area contributed by atoms with Gasteiger partial charge in [-0.3, -0.25) is 9.59 Å². The van der Waals surface area contributed by atoms with Crippen molar-refractivity contribution in [1.82, 2.24) is 0 Å². The first-order valence-corrected chi connectivity index (χ1v) is 7.35. The van der Waals surface area contributed by atoms with Crippen molar-refractivity contribution in [2.45, 2.75) is 19.8 Å². The van der Waals surface area contributed by atoms with E-state index in [-0.39, 0.29) is 18.6 Å². The predicted octanol–water partition coefficient (Wildman–Crippen LogP) is 4.28. The summed E-state index contributed by atoms with van der Waals surface area (Å²) in [4.78, 5) is 24.1. The summed E-state index contributed by atoms with van der Waals surface area (Å²) in [6, 6.07) is 8.57. The molecule has 3 nitrogen and oxygen atoms in total. The monoisotopic (exact) mass is 308 g/mol. The van der Waals surface area contributed by atoms with Crippen LogP contribution in [0.5, 0.6) is 5.75 Å². The number of aryl methyl sites for hydroxylation is 1. The fourth-order valence-electron chi connectivity index (χ4n) is 1.64. The van der Waals surface area contributed by atoms with Crippen LogP contribution in [0.4, 0.5) is 0 Å². The number of benzene rings is 1. The SMILES string of the molecule is Cc1cc(OC(=O)CCC(=O)c2cccs2)ccc1Cl. The molecule has 0 N–H and O–H groups in total. The van der Waals surface area contributed by atoms with Gasteiger partial charge in [0.15, 0.2) is 5.78 Å². The molecule has 0 fully saturated rings. The van der Waals surface area contributed by atoms with Crippen LogP contribution in [0.25, 0.3) is 0 Å². The van der Waals surface area contributed by atoms with Crippen molar-refractivity contribution in [2.24, 2.45) is 0 Å². The largest absolute Gasteiger partial charge is 0.427 e. The molecule has 0 aliphatic heterocycles. The van der Waals surface area contributed by atoms with Gasteiger partial charge in [0.1, 0.15) is 5.75 Å². The van der Waals surface area contributed by atoms with E-state index in [2.05, 4.69) is 0 Å². The van der Waals surface area contributed by atoms with Crippen molar-refractivity contribution in [1.29, 1.82) is 0 Å². The minimum Gasteiger partial charge on any atom is -0.427 e. The van der Waals surface area contributed by atoms with Gasteiger partial charge in [-0.15, -0.1) is 11.3 Å². The second-order valence-electron chi connectivity index (χ2n) is 4.29. The van der Waals surface area contributed by atoms with Gasteiger partial charge in [-0.25, -0.2) is 0 Å². The number of halogens is 1. The van der Waals surface area contributed by atoms with Crippen LogP contribution in [0, 0.1) is 6.92 Å². The Morgan fingerprint density at radius 1 is 1.25 bits per heavy atom. The number of thiophene rings is 1. The smallest absolute Gasteiger partial charge is 0.311 e. The van der Waals surface area contributed by atoms with Crippen LogP contribution in [0.3, 0.4) is 0 Å². The maximum absolute atomic E-state index is 11.7. The first-order valence-electron chi connectivity index (χ1n) is 6.10. The second kappa shape index (κ2) is 6.68. The third-order valence-electron chi connectivity index (χ3n) is 2.71. The van der Waals surface area contributed by atoms with Crippen molar-refractivity contribution < 1.29 is 14.3 Å². The van der Waals surface area contributed by atoms with Crippen molar-refractivity contribution in [3.05, 3.63) is 51.2 Å². The normalized spacial score (nSPS) is 10.3. The van der Waals surface area contributed by atoms with Crippen LogP contribution in [-0.2, 0) is 4.79 Å². The molecule has 0 bridgehead atoms. The molecule has 0 saturated carbocycles. The van der Waals surface area contributed by atoms with E-state index in [0.717, 1.165) is 5.56 Å². The summed E-state index contributed by atoms with van der Waals surface area (Å²) >= 11 is 7.27. The maximum Gasteiger partial charge on any atom is 0.311 e. The van der Waals surface area contributed by atoms with E-state index in [1.165, 1.54) is 11.3 Å². The van der Waals surface area contributed by atoms with Crippen LogP contribution in [0.15, 0.2) is 35.7 Å². The molecular formula is C15H13ClO3S. The Kier molecular flexibility index (Phi) is 4.93. The molecule has 0 radical (unpaired) electrons. The quantitative estimate of drug-likeness (QED) is 0.470. The van der Waals surface area contributed by atoms with Gasteiger partial charge in [-0.2, -0.15) is 0 Å². The number of ether oxygens (including phenoxy) is 1. The van der Waals surface area contributed by atoms with Gasteiger partial charge < -0.3 is 4.74 Å². The number of esters is 1. The van der Waals surface area contributed by atoms with Gasteiger partial charge in [-0.1, -0.05) is 17.7 Å². The second-order valence-corrected chi connectivity index (χ2v) is 5.64. The Morgan fingerprint density at radius 3 is 2.70 bits per heavy atom. The van der Waals surface area contributed by atoms with E-state index in [9.17, 15) is 9.59 Å². The molecule has 0 aliphatic carbocycles. The average molecular weight is 309 g/mol. The number of carbonyl (C=O) groups excluding carboxylic acids is 2. The summed E-state index contributed by atoms with van der Waals surface area (Å²) in [6.45, 7) is 1.83. The number of rotatable bonds is 5. The molecule has 0 aliphatic rings. The molecule has 1 aromatic heterocycles. The predicted molar refractivity (Wildman–Crippen MR) is 79.7 cm³/mol. The van der Waals surface area contributed by atoms with Gasteiger partial charge in [0, 0.05) is 11.4 Å². The van der Waals surface area contributed by atoms with Gasteiger partial charge in [-0.05, 0) is 42.1 Å². The van der Waals surface area contributed by atoms with Crippen molar-refractivity contribution in [2.75, 3.05) is 0 Å². The van der Waals surface area contributed by atoms with Gasteiger partial charge in [0.25, 0.3) is 0 Å². The fourth-order valence-corrected chi connectivity index (χ4v) is 2.45. The molecule has 20 heavy (non-hydrogen) atoms. The molecule has 1 aromatic carbocycles. The Balaban J connectivity index is 1.86. The number of ketones is 1. The molecule has 0 unspecified atom stereocenters. The van der Waals surface area contributed by atoms with E-state index in [4.69, 9.17) is 16.3 Å². The molecule has 2 aromatic rings. The van der Waals surface area contributed by atoms with Gasteiger partial charge in [0.05, 0.1) is 11.3 Å². The number of hydrogen-bond acceptors (Lipinski definition) is 4.